The van der Waals surface area contributed by atoms with Gasteiger partial charge in [0.2, 0.25) is 0 Å². The lowest BCUT2D eigenvalue weighted by molar-refractivity contribution is -0.146. The zero-order chi connectivity index (χ0) is 13.1. The van der Waals surface area contributed by atoms with Gasteiger partial charge in [0.1, 0.15) is 0 Å². The van der Waals surface area contributed by atoms with Crippen LogP contribution < -0.4 is 5.32 Å². The molecule has 18 heavy (non-hydrogen) atoms. The average Bonchev–Trinajstić information content (AvgIpc) is 2.79. The van der Waals surface area contributed by atoms with E-state index in [1.54, 1.807) is 6.07 Å². The van der Waals surface area contributed by atoms with Crippen LogP contribution in [0, 0.1) is 0 Å². The molecule has 1 aromatic heterocycles. The summed E-state index contributed by atoms with van der Waals surface area (Å²) in [6.07, 6.45) is -1.58. The quantitative estimate of drug-likeness (QED) is 0.772. The summed E-state index contributed by atoms with van der Waals surface area (Å²) in [5.74, 6) is -1.73. The highest BCUT2D eigenvalue weighted by Gasteiger charge is 2.16. The maximum absolute atomic E-state index is 11.7. The number of benzene rings is 1. The fraction of sp³-hybridized carbons (Fsp3) is 0.167. The highest BCUT2D eigenvalue weighted by Crippen LogP contribution is 2.24. The van der Waals surface area contributed by atoms with E-state index in [2.05, 4.69) is 5.32 Å². The molecule has 0 saturated heterocycles. The number of aliphatic hydroxyl groups excluding tert-OH is 1. The average molecular weight is 265 g/mol. The van der Waals surface area contributed by atoms with Gasteiger partial charge in [-0.05, 0) is 17.5 Å². The minimum absolute atomic E-state index is 0.303. The number of thiophene rings is 1. The third-order valence-corrected chi connectivity index (χ3v) is 3.51. The number of nitrogens with one attached hydrogen (secondary N) is 1. The standard InChI is InChI=1S/C12H11NO4S/c14-8(12(16)17)6-13-11(15)10-5-7-3-1-2-4-9(7)18-10/h1-5,8,14H,6H2,(H,13,15)(H,16,17)/t8-/m0/s1. The molecule has 0 aliphatic rings. The van der Waals surface area contributed by atoms with Crippen molar-refractivity contribution in [1.29, 1.82) is 0 Å². The molecule has 1 aromatic carbocycles. The Kier molecular flexibility index (Phi) is 3.59. The minimum atomic E-state index is -1.58. The fourth-order valence-corrected chi connectivity index (χ4v) is 2.44. The summed E-state index contributed by atoms with van der Waals surface area (Å²) in [4.78, 5) is 22.6. The van der Waals surface area contributed by atoms with Gasteiger partial charge in [-0.2, -0.15) is 0 Å². The number of carboxylic acids is 1. The number of fused-ring (bicyclic) bond motifs is 1. The summed E-state index contributed by atoms with van der Waals surface area (Å²) >= 11 is 1.32. The normalized spacial score (nSPS) is 12.3. The number of hydrogen-bond donors (Lipinski definition) is 3. The summed E-state index contributed by atoms with van der Waals surface area (Å²) in [5.41, 5.74) is 0. The van der Waals surface area contributed by atoms with Crippen LogP contribution >= 0.6 is 11.3 Å². The molecule has 1 amide bonds. The summed E-state index contributed by atoms with van der Waals surface area (Å²) in [6.45, 7) is -0.303. The Morgan fingerprint density at radius 2 is 2.06 bits per heavy atom. The molecule has 0 spiro atoms. The van der Waals surface area contributed by atoms with Crippen molar-refractivity contribution >= 4 is 33.3 Å². The van der Waals surface area contributed by atoms with Crippen molar-refractivity contribution in [1.82, 2.24) is 5.32 Å². The van der Waals surface area contributed by atoms with Gasteiger partial charge < -0.3 is 15.5 Å². The van der Waals surface area contributed by atoms with Crippen molar-refractivity contribution < 1.29 is 19.8 Å². The molecule has 0 fully saturated rings. The molecular formula is C12H11NO4S. The molecule has 0 aliphatic heterocycles. The first kappa shape index (κ1) is 12.5. The first-order valence-corrected chi connectivity index (χ1v) is 6.07. The van der Waals surface area contributed by atoms with Crippen LogP contribution in [0.1, 0.15) is 9.67 Å². The van der Waals surface area contributed by atoms with E-state index in [-0.39, 0.29) is 12.5 Å². The van der Waals surface area contributed by atoms with E-state index in [9.17, 15) is 9.59 Å². The molecule has 1 heterocycles. The number of rotatable bonds is 4. The smallest absolute Gasteiger partial charge is 0.334 e. The van der Waals surface area contributed by atoms with Crippen LogP contribution in [0.3, 0.4) is 0 Å². The van der Waals surface area contributed by atoms with Crippen LogP contribution in [0.25, 0.3) is 10.1 Å². The summed E-state index contributed by atoms with van der Waals surface area (Å²) in [7, 11) is 0. The van der Waals surface area contributed by atoms with Crippen LogP contribution in [-0.4, -0.2) is 34.7 Å². The Morgan fingerprint density at radius 1 is 1.33 bits per heavy atom. The molecule has 94 valence electrons. The van der Waals surface area contributed by atoms with Crippen molar-refractivity contribution in [2.45, 2.75) is 6.10 Å². The molecule has 0 saturated carbocycles. The molecular weight excluding hydrogens is 254 g/mol. The third-order valence-electron chi connectivity index (χ3n) is 2.39. The summed E-state index contributed by atoms with van der Waals surface area (Å²) < 4.78 is 0.987. The van der Waals surface area contributed by atoms with Gasteiger partial charge in [-0.25, -0.2) is 4.79 Å². The van der Waals surface area contributed by atoms with E-state index < -0.39 is 12.1 Å². The molecule has 3 N–H and O–H groups in total. The largest absolute Gasteiger partial charge is 0.479 e. The van der Waals surface area contributed by atoms with Gasteiger partial charge in [-0.1, -0.05) is 18.2 Å². The maximum Gasteiger partial charge on any atom is 0.334 e. The van der Waals surface area contributed by atoms with Crippen molar-refractivity contribution in [2.75, 3.05) is 6.54 Å². The predicted octanol–water partition coefficient (Wildman–Crippen LogP) is 1.08. The van der Waals surface area contributed by atoms with Crippen LogP contribution in [0.4, 0.5) is 0 Å². The van der Waals surface area contributed by atoms with Gasteiger partial charge in [-0.15, -0.1) is 11.3 Å². The van der Waals surface area contributed by atoms with E-state index >= 15 is 0 Å². The topological polar surface area (TPSA) is 86.6 Å². The van der Waals surface area contributed by atoms with E-state index in [0.717, 1.165) is 10.1 Å². The zero-order valence-electron chi connectivity index (χ0n) is 9.29. The van der Waals surface area contributed by atoms with Crippen LogP contribution in [0.5, 0.6) is 0 Å². The van der Waals surface area contributed by atoms with Crippen molar-refractivity contribution in [3.63, 3.8) is 0 Å². The van der Waals surface area contributed by atoms with Gasteiger partial charge in [0.25, 0.3) is 5.91 Å². The SMILES string of the molecule is O=C(NC[C@H](O)C(=O)O)c1cc2ccccc2s1. The number of amides is 1. The number of aliphatic hydroxyl groups is 1. The second-order valence-corrected chi connectivity index (χ2v) is 4.80. The molecule has 0 bridgehead atoms. The van der Waals surface area contributed by atoms with Gasteiger partial charge in [0.15, 0.2) is 6.10 Å². The molecule has 5 nitrogen and oxygen atoms in total. The van der Waals surface area contributed by atoms with Gasteiger partial charge in [-0.3, -0.25) is 4.79 Å². The van der Waals surface area contributed by atoms with Crippen molar-refractivity contribution in [2.24, 2.45) is 0 Å². The molecule has 0 aliphatic carbocycles. The van der Waals surface area contributed by atoms with Crippen LogP contribution in [-0.2, 0) is 4.79 Å². The Bertz CT molecular complexity index is 560. The second kappa shape index (κ2) is 5.16. The Morgan fingerprint density at radius 3 is 2.72 bits per heavy atom. The van der Waals surface area contributed by atoms with Gasteiger partial charge >= 0.3 is 5.97 Å². The van der Waals surface area contributed by atoms with Crippen LogP contribution in [0.2, 0.25) is 0 Å². The third kappa shape index (κ3) is 2.66. The number of carbonyl (C=O) groups is 2. The molecule has 6 heteroatoms. The first-order chi connectivity index (χ1) is 8.58. The van der Waals surface area contributed by atoms with Gasteiger partial charge in [0.05, 0.1) is 11.4 Å². The Labute approximate surface area is 107 Å². The number of carbonyl (C=O) groups excluding carboxylic acids is 1. The Hall–Kier alpha value is -1.92. The zero-order valence-corrected chi connectivity index (χ0v) is 10.1. The number of hydrogen-bond acceptors (Lipinski definition) is 4. The van der Waals surface area contributed by atoms with E-state index in [1.807, 2.05) is 24.3 Å². The first-order valence-electron chi connectivity index (χ1n) is 5.25. The molecule has 2 aromatic rings. The second-order valence-electron chi connectivity index (χ2n) is 3.71. The lowest BCUT2D eigenvalue weighted by Gasteiger charge is -2.06. The number of aliphatic carboxylic acids is 1. The van der Waals surface area contributed by atoms with E-state index in [4.69, 9.17) is 10.2 Å². The molecule has 2 rings (SSSR count). The van der Waals surface area contributed by atoms with Crippen molar-refractivity contribution in [3.05, 3.63) is 35.2 Å². The number of carboxylic acid groups (broad SMARTS) is 1. The molecule has 1 atom stereocenters. The van der Waals surface area contributed by atoms with E-state index in [0.29, 0.717) is 4.88 Å². The monoisotopic (exact) mass is 265 g/mol. The molecule has 0 unspecified atom stereocenters. The maximum atomic E-state index is 11.7. The fourth-order valence-electron chi connectivity index (χ4n) is 1.46. The summed E-state index contributed by atoms with van der Waals surface area (Å²) in [6, 6.07) is 9.31. The van der Waals surface area contributed by atoms with Crippen molar-refractivity contribution in [3.8, 4) is 0 Å². The summed E-state index contributed by atoms with van der Waals surface area (Å²) in [5, 5.41) is 20.9. The van der Waals surface area contributed by atoms with E-state index in [1.165, 1.54) is 11.3 Å². The minimum Gasteiger partial charge on any atom is -0.479 e. The highest BCUT2D eigenvalue weighted by molar-refractivity contribution is 7.20. The highest BCUT2D eigenvalue weighted by atomic mass is 32.1. The van der Waals surface area contributed by atoms with Gasteiger partial charge in [0, 0.05) is 4.70 Å². The Balaban J connectivity index is 2.07. The molecule has 0 radical (unpaired) electrons. The predicted molar refractivity (Wildman–Crippen MR) is 67.8 cm³/mol. The lowest BCUT2D eigenvalue weighted by Crippen LogP contribution is -2.36. The van der Waals surface area contributed by atoms with Crippen LogP contribution in [0.15, 0.2) is 30.3 Å². The lowest BCUT2D eigenvalue weighted by atomic mass is 10.2.